The first-order chi connectivity index (χ1) is 14.2. The van der Waals surface area contributed by atoms with Crippen molar-refractivity contribution in [2.24, 2.45) is 5.92 Å². The van der Waals surface area contributed by atoms with Gasteiger partial charge in [0.2, 0.25) is 0 Å². The highest BCUT2D eigenvalue weighted by molar-refractivity contribution is 7.80. The first-order valence-corrected chi connectivity index (χ1v) is 10.3. The predicted octanol–water partition coefficient (Wildman–Crippen LogP) is 4.95. The third-order valence-electron chi connectivity index (χ3n) is 4.76. The molecule has 3 rings (SSSR count). The summed E-state index contributed by atoms with van der Waals surface area (Å²) < 4.78 is 6.03. The zero-order chi connectivity index (χ0) is 21.8. The van der Waals surface area contributed by atoms with Crippen LogP contribution in [0.25, 0.3) is 22.3 Å². The first-order valence-electron chi connectivity index (χ1n) is 9.84. The maximum Gasteiger partial charge on any atom is 0.326 e. The Balaban J connectivity index is 1.69. The van der Waals surface area contributed by atoms with Crippen molar-refractivity contribution < 1.29 is 14.3 Å². The molecule has 0 fully saturated rings. The van der Waals surface area contributed by atoms with Crippen LogP contribution in [0, 0.1) is 5.92 Å². The Morgan fingerprint density at radius 1 is 1.13 bits per heavy atom. The summed E-state index contributed by atoms with van der Waals surface area (Å²) in [5.41, 5.74) is 3.65. The van der Waals surface area contributed by atoms with Crippen molar-refractivity contribution in [3.63, 3.8) is 0 Å². The van der Waals surface area contributed by atoms with Crippen LogP contribution in [-0.2, 0) is 4.79 Å². The molecule has 0 spiro atoms. The van der Waals surface area contributed by atoms with Gasteiger partial charge in [-0.2, -0.15) is 0 Å². The molecule has 1 atom stereocenters. The van der Waals surface area contributed by atoms with Crippen LogP contribution in [0.4, 0.5) is 11.4 Å². The molecule has 0 aliphatic rings. The van der Waals surface area contributed by atoms with Crippen molar-refractivity contribution in [2.75, 3.05) is 24.3 Å². The lowest BCUT2D eigenvalue weighted by atomic mass is 10.0. The Labute approximate surface area is 181 Å². The minimum absolute atomic E-state index is 0.248. The van der Waals surface area contributed by atoms with Crippen molar-refractivity contribution in [1.29, 1.82) is 0 Å². The van der Waals surface area contributed by atoms with Crippen LogP contribution in [0.15, 0.2) is 52.9 Å². The summed E-state index contributed by atoms with van der Waals surface area (Å²) in [6.07, 6.45) is 0.498. The fourth-order valence-corrected chi connectivity index (χ4v) is 3.44. The second-order valence-electron chi connectivity index (χ2n) is 7.92. The minimum atomic E-state index is -0.912. The van der Waals surface area contributed by atoms with E-state index < -0.39 is 12.0 Å². The molecule has 1 heterocycles. The molecule has 0 aliphatic carbocycles. The van der Waals surface area contributed by atoms with Gasteiger partial charge in [-0.1, -0.05) is 13.8 Å². The summed E-state index contributed by atoms with van der Waals surface area (Å²) >= 11 is 5.28. The van der Waals surface area contributed by atoms with Gasteiger partial charge in [0.15, 0.2) is 5.11 Å². The maximum atomic E-state index is 11.4. The summed E-state index contributed by atoms with van der Waals surface area (Å²) in [5.74, 6) is 0.125. The molecule has 0 radical (unpaired) electrons. The van der Waals surface area contributed by atoms with Crippen molar-refractivity contribution in [2.45, 2.75) is 26.3 Å². The smallest absolute Gasteiger partial charge is 0.326 e. The number of carboxylic acids is 1. The first kappa shape index (κ1) is 21.6. The number of hydrogen-bond acceptors (Lipinski definition) is 4. The maximum absolute atomic E-state index is 11.4. The van der Waals surface area contributed by atoms with Crippen LogP contribution in [0.3, 0.4) is 0 Å². The van der Waals surface area contributed by atoms with Crippen LogP contribution in [0.2, 0.25) is 0 Å². The molecule has 7 heteroatoms. The summed E-state index contributed by atoms with van der Waals surface area (Å²) in [6.45, 7) is 3.96. The van der Waals surface area contributed by atoms with E-state index in [-0.39, 0.29) is 11.0 Å². The van der Waals surface area contributed by atoms with Crippen LogP contribution < -0.4 is 15.5 Å². The average molecular weight is 426 g/mol. The van der Waals surface area contributed by atoms with Gasteiger partial charge in [0, 0.05) is 42.5 Å². The summed E-state index contributed by atoms with van der Waals surface area (Å²) in [7, 11) is 4.00. The van der Waals surface area contributed by atoms with Gasteiger partial charge in [-0.15, -0.1) is 0 Å². The van der Waals surface area contributed by atoms with Crippen LogP contribution >= 0.6 is 12.2 Å². The van der Waals surface area contributed by atoms with Gasteiger partial charge < -0.3 is 25.1 Å². The molecular formula is C23H27N3O3S. The second kappa shape index (κ2) is 9.17. The monoisotopic (exact) mass is 425 g/mol. The van der Waals surface area contributed by atoms with Crippen molar-refractivity contribution >= 4 is 45.6 Å². The molecule has 0 amide bonds. The molecule has 0 saturated carbocycles. The number of rotatable bonds is 7. The van der Waals surface area contributed by atoms with Gasteiger partial charge in [-0.05, 0) is 67.0 Å². The number of fused-ring (bicyclic) bond motifs is 1. The molecule has 3 N–H and O–H groups in total. The fraction of sp³-hybridized carbons (Fsp3) is 0.304. The molecular weight excluding hydrogens is 398 g/mol. The number of benzene rings is 2. The molecule has 30 heavy (non-hydrogen) atoms. The number of carbonyl (C=O) groups is 1. The van der Waals surface area contributed by atoms with E-state index in [1.165, 1.54) is 0 Å². The molecule has 0 saturated heterocycles. The van der Waals surface area contributed by atoms with E-state index in [9.17, 15) is 9.90 Å². The van der Waals surface area contributed by atoms with E-state index in [2.05, 4.69) is 16.7 Å². The normalized spacial score (nSPS) is 12.0. The van der Waals surface area contributed by atoms with Crippen LogP contribution in [0.1, 0.15) is 20.3 Å². The number of carboxylic acid groups (broad SMARTS) is 1. The number of anilines is 2. The number of hydrogen-bond donors (Lipinski definition) is 3. The SMILES string of the molecule is CC(C)C[C@H](NC(=S)Nc1ccc(-c2cc3ccc(N(C)C)cc3o2)cc1)C(=O)O. The van der Waals surface area contributed by atoms with Gasteiger partial charge in [0.25, 0.3) is 0 Å². The predicted molar refractivity (Wildman–Crippen MR) is 126 cm³/mol. The quantitative estimate of drug-likeness (QED) is 0.462. The van der Waals surface area contributed by atoms with E-state index in [4.69, 9.17) is 16.6 Å². The average Bonchev–Trinajstić information content (AvgIpc) is 3.10. The molecule has 0 unspecified atom stereocenters. The number of nitrogens with zero attached hydrogens (tertiary/aromatic N) is 1. The highest BCUT2D eigenvalue weighted by atomic mass is 32.1. The minimum Gasteiger partial charge on any atom is -0.480 e. The third-order valence-corrected chi connectivity index (χ3v) is 4.98. The lowest BCUT2D eigenvalue weighted by Crippen LogP contribution is -2.43. The Morgan fingerprint density at radius 2 is 1.83 bits per heavy atom. The molecule has 3 aromatic rings. The van der Waals surface area contributed by atoms with E-state index in [1.807, 2.05) is 75.3 Å². The van der Waals surface area contributed by atoms with Gasteiger partial charge >= 0.3 is 5.97 Å². The van der Waals surface area contributed by atoms with E-state index >= 15 is 0 Å². The summed E-state index contributed by atoms with van der Waals surface area (Å²) in [6, 6.07) is 15.1. The summed E-state index contributed by atoms with van der Waals surface area (Å²) in [4.78, 5) is 13.4. The van der Waals surface area contributed by atoms with Crippen molar-refractivity contribution in [1.82, 2.24) is 5.32 Å². The topological polar surface area (TPSA) is 77.7 Å². The van der Waals surface area contributed by atoms with Gasteiger partial charge in [-0.3, -0.25) is 0 Å². The number of thiocarbonyl (C=S) groups is 1. The number of furan rings is 1. The zero-order valence-electron chi connectivity index (χ0n) is 17.6. The Morgan fingerprint density at radius 3 is 2.43 bits per heavy atom. The largest absolute Gasteiger partial charge is 0.480 e. The van der Waals surface area contributed by atoms with E-state index in [1.54, 1.807) is 0 Å². The van der Waals surface area contributed by atoms with Gasteiger partial charge in [0.05, 0.1) is 0 Å². The third kappa shape index (κ3) is 5.30. The van der Waals surface area contributed by atoms with Crippen molar-refractivity contribution in [3.8, 4) is 11.3 Å². The van der Waals surface area contributed by atoms with E-state index in [0.29, 0.717) is 6.42 Å². The molecule has 0 aliphatic heterocycles. The molecule has 0 bridgehead atoms. The Bertz CT molecular complexity index is 1040. The molecule has 6 nitrogen and oxygen atoms in total. The lowest BCUT2D eigenvalue weighted by Gasteiger charge is -2.19. The fourth-order valence-electron chi connectivity index (χ4n) is 3.18. The highest BCUT2D eigenvalue weighted by Crippen LogP contribution is 2.30. The molecule has 1 aromatic heterocycles. The molecule has 2 aromatic carbocycles. The number of aliphatic carboxylic acids is 1. The Hall–Kier alpha value is -3.06. The van der Waals surface area contributed by atoms with Gasteiger partial charge in [0.1, 0.15) is 17.4 Å². The lowest BCUT2D eigenvalue weighted by molar-refractivity contribution is -0.139. The van der Waals surface area contributed by atoms with Crippen LogP contribution in [0.5, 0.6) is 0 Å². The van der Waals surface area contributed by atoms with Crippen LogP contribution in [-0.4, -0.2) is 36.3 Å². The highest BCUT2D eigenvalue weighted by Gasteiger charge is 2.19. The second-order valence-corrected chi connectivity index (χ2v) is 8.33. The standard InChI is InChI=1S/C23H27N3O3S/c1-14(2)11-19(22(27)28)25-23(30)24-17-8-5-15(6-9-17)20-12-16-7-10-18(26(3)4)13-21(16)29-20/h5-10,12-14,19H,11H2,1-4H3,(H,27,28)(H2,24,25,30)/t19-/m0/s1. The van der Waals surface area contributed by atoms with Gasteiger partial charge in [-0.25, -0.2) is 4.79 Å². The van der Waals surface area contributed by atoms with Crippen molar-refractivity contribution in [3.05, 3.63) is 48.5 Å². The Kier molecular flexibility index (Phi) is 6.62. The number of nitrogens with one attached hydrogen (secondary N) is 2. The van der Waals surface area contributed by atoms with E-state index in [0.717, 1.165) is 33.7 Å². The zero-order valence-corrected chi connectivity index (χ0v) is 18.4. The molecule has 158 valence electrons. The summed E-state index contributed by atoms with van der Waals surface area (Å²) in [5, 5.41) is 16.6.